The van der Waals surface area contributed by atoms with Gasteiger partial charge in [-0.1, -0.05) is 48.5 Å². The second-order valence-corrected chi connectivity index (χ2v) is 8.64. The lowest BCUT2D eigenvalue weighted by Gasteiger charge is -2.27. The molecule has 166 valence electrons. The second-order valence-electron chi connectivity index (χ2n) is 8.64. The Morgan fingerprint density at radius 3 is 2.42 bits per heavy atom. The Morgan fingerprint density at radius 2 is 1.64 bits per heavy atom. The molecule has 2 aromatic carbocycles. The number of hydrogen-bond acceptors (Lipinski definition) is 3. The molecule has 0 spiro atoms. The zero-order valence-electron chi connectivity index (χ0n) is 18.8. The molecule has 0 fully saturated rings. The Bertz CT molecular complexity index is 1670. The number of nitrogens with zero attached hydrogens (tertiary/aromatic N) is 4. The zero-order valence-corrected chi connectivity index (χ0v) is 18.8. The van der Waals surface area contributed by atoms with E-state index < -0.39 is 6.10 Å². The van der Waals surface area contributed by atoms with E-state index in [-0.39, 0.29) is 11.2 Å². The van der Waals surface area contributed by atoms with Gasteiger partial charge in [0, 0.05) is 50.4 Å². The van der Waals surface area contributed by atoms with Crippen molar-refractivity contribution in [3.05, 3.63) is 92.9 Å². The van der Waals surface area contributed by atoms with Crippen molar-refractivity contribution in [3.63, 3.8) is 0 Å². The fraction of sp³-hybridized carbons (Fsp3) is 0.231. The van der Waals surface area contributed by atoms with E-state index in [1.54, 1.807) is 11.6 Å². The molecule has 3 aromatic heterocycles. The van der Waals surface area contributed by atoms with Gasteiger partial charge in [-0.15, -0.1) is 0 Å². The van der Waals surface area contributed by atoms with E-state index in [1.807, 2.05) is 49.5 Å². The normalized spacial score (nSPS) is 15.9. The first-order chi connectivity index (χ1) is 16.0. The lowest BCUT2D eigenvalue weighted by atomic mass is 10.0. The summed E-state index contributed by atoms with van der Waals surface area (Å²) in [6.07, 6.45) is 1.69. The minimum Gasteiger partial charge on any atom is -0.365 e. The molecule has 0 unspecified atom stereocenters. The van der Waals surface area contributed by atoms with Gasteiger partial charge in [0.25, 0.3) is 5.56 Å². The van der Waals surface area contributed by atoms with Crippen LogP contribution in [-0.4, -0.2) is 24.9 Å². The highest BCUT2D eigenvalue weighted by Crippen LogP contribution is 2.42. The summed E-state index contributed by atoms with van der Waals surface area (Å²) in [5.74, 6) is 0. The zero-order chi connectivity index (χ0) is 22.9. The highest BCUT2D eigenvalue weighted by Gasteiger charge is 2.34. The van der Waals surface area contributed by atoms with Crippen LogP contribution in [0.3, 0.4) is 0 Å². The van der Waals surface area contributed by atoms with Crippen LogP contribution in [0.25, 0.3) is 33.1 Å². The van der Waals surface area contributed by atoms with E-state index in [4.69, 9.17) is 4.74 Å². The molecule has 7 nitrogen and oxygen atoms in total. The largest absolute Gasteiger partial charge is 0.365 e. The van der Waals surface area contributed by atoms with Crippen LogP contribution >= 0.6 is 0 Å². The summed E-state index contributed by atoms with van der Waals surface area (Å²) in [5.41, 5.74) is 4.78. The van der Waals surface area contributed by atoms with Crippen LogP contribution in [0.2, 0.25) is 0 Å². The van der Waals surface area contributed by atoms with Crippen LogP contribution in [0.5, 0.6) is 0 Å². The maximum atomic E-state index is 13.5. The van der Waals surface area contributed by atoms with Crippen LogP contribution in [0.1, 0.15) is 17.4 Å². The Morgan fingerprint density at radius 1 is 0.909 bits per heavy atom. The molecular weight excluding hydrogens is 416 g/mol. The fourth-order valence-electron chi connectivity index (χ4n) is 5.29. The topological polar surface area (TPSA) is 63.1 Å². The summed E-state index contributed by atoms with van der Waals surface area (Å²) in [6.45, 7) is 1.11. The van der Waals surface area contributed by atoms with Crippen molar-refractivity contribution in [1.29, 1.82) is 0 Å². The lowest BCUT2D eigenvalue weighted by molar-refractivity contribution is 0.0486. The third-order valence-electron chi connectivity index (χ3n) is 6.81. The van der Waals surface area contributed by atoms with E-state index in [2.05, 4.69) is 27.5 Å². The van der Waals surface area contributed by atoms with Gasteiger partial charge >= 0.3 is 5.69 Å². The monoisotopic (exact) mass is 440 g/mol. The highest BCUT2D eigenvalue weighted by molar-refractivity contribution is 5.97. The number of hydrogen-bond donors (Lipinski definition) is 0. The Hall–Kier alpha value is -3.84. The summed E-state index contributed by atoms with van der Waals surface area (Å²) in [5, 5.41) is 1.65. The molecule has 0 saturated heterocycles. The van der Waals surface area contributed by atoms with Crippen molar-refractivity contribution in [2.45, 2.75) is 12.6 Å². The van der Waals surface area contributed by atoms with Gasteiger partial charge in [0.15, 0.2) is 0 Å². The number of aryl methyl sites for hydroxylation is 2. The Kier molecular flexibility index (Phi) is 4.25. The first-order valence-electron chi connectivity index (χ1n) is 11.0. The molecule has 1 aliphatic heterocycles. The first kappa shape index (κ1) is 19.8. The van der Waals surface area contributed by atoms with Crippen molar-refractivity contribution in [1.82, 2.24) is 18.3 Å². The van der Waals surface area contributed by atoms with Gasteiger partial charge < -0.3 is 13.9 Å². The molecule has 4 heterocycles. The van der Waals surface area contributed by atoms with Crippen molar-refractivity contribution >= 4 is 21.8 Å². The summed E-state index contributed by atoms with van der Waals surface area (Å²) in [4.78, 5) is 26.4. The average molecular weight is 441 g/mol. The fourth-order valence-corrected chi connectivity index (χ4v) is 5.29. The smallest absolute Gasteiger partial charge is 0.331 e. The maximum Gasteiger partial charge on any atom is 0.331 e. The average Bonchev–Trinajstić information content (AvgIpc) is 3.37. The Balaban J connectivity index is 1.78. The molecule has 1 aliphatic rings. The van der Waals surface area contributed by atoms with Crippen molar-refractivity contribution in [2.24, 2.45) is 21.1 Å². The van der Waals surface area contributed by atoms with E-state index in [9.17, 15) is 9.59 Å². The summed E-state index contributed by atoms with van der Waals surface area (Å²) >= 11 is 0. The van der Waals surface area contributed by atoms with Gasteiger partial charge in [-0.2, -0.15) is 0 Å². The minimum absolute atomic E-state index is 0.287. The van der Waals surface area contributed by atoms with Gasteiger partial charge in [0.05, 0.1) is 28.9 Å². The first-order valence-corrected chi connectivity index (χ1v) is 11.0. The standard InChI is InChI=1S/C26H24N4O3/c1-27-15-18(17-11-7-8-12-19(17)27)24-23-22-20(25(31)29(3)26(32)28(22)2)21(30(23)13-14-33-24)16-9-5-4-6-10-16/h4-12,15,24H,13-14H2,1-3H3/t24-/m1/s1. The highest BCUT2D eigenvalue weighted by atomic mass is 16.5. The molecule has 0 radical (unpaired) electrons. The predicted molar refractivity (Wildman–Crippen MR) is 129 cm³/mol. The van der Waals surface area contributed by atoms with E-state index in [0.29, 0.717) is 24.1 Å². The molecule has 6 rings (SSSR count). The van der Waals surface area contributed by atoms with Crippen molar-refractivity contribution in [3.8, 4) is 11.3 Å². The third-order valence-corrected chi connectivity index (χ3v) is 6.81. The third kappa shape index (κ3) is 2.66. The second kappa shape index (κ2) is 7.08. The van der Waals surface area contributed by atoms with Gasteiger partial charge in [-0.25, -0.2) is 4.79 Å². The van der Waals surface area contributed by atoms with Gasteiger partial charge in [-0.05, 0) is 11.6 Å². The minimum atomic E-state index is -0.400. The van der Waals surface area contributed by atoms with Crippen molar-refractivity contribution < 1.29 is 4.74 Å². The van der Waals surface area contributed by atoms with Crippen LogP contribution in [0.4, 0.5) is 0 Å². The molecule has 5 aromatic rings. The molecule has 33 heavy (non-hydrogen) atoms. The number of aromatic nitrogens is 4. The summed E-state index contributed by atoms with van der Waals surface area (Å²) < 4.78 is 13.4. The maximum absolute atomic E-state index is 13.5. The summed E-state index contributed by atoms with van der Waals surface area (Å²) in [6, 6.07) is 18.1. The van der Waals surface area contributed by atoms with Gasteiger partial charge in [0.2, 0.25) is 0 Å². The lowest BCUT2D eigenvalue weighted by Crippen LogP contribution is -2.37. The Labute approximate surface area is 189 Å². The molecule has 0 bridgehead atoms. The number of fused-ring (bicyclic) bond motifs is 4. The summed E-state index contributed by atoms with van der Waals surface area (Å²) in [7, 11) is 5.29. The van der Waals surface area contributed by atoms with E-state index >= 15 is 0 Å². The van der Waals surface area contributed by atoms with Gasteiger partial charge in [0.1, 0.15) is 6.10 Å². The van der Waals surface area contributed by atoms with Crippen LogP contribution in [0, 0.1) is 0 Å². The molecule has 1 atom stereocenters. The van der Waals surface area contributed by atoms with E-state index in [1.165, 1.54) is 11.6 Å². The number of ether oxygens (including phenoxy) is 1. The van der Waals surface area contributed by atoms with Gasteiger partial charge in [-0.3, -0.25) is 13.9 Å². The van der Waals surface area contributed by atoms with E-state index in [0.717, 1.165) is 33.4 Å². The van der Waals surface area contributed by atoms with Crippen LogP contribution in [-0.2, 0) is 32.4 Å². The molecule has 0 N–H and O–H groups in total. The van der Waals surface area contributed by atoms with Crippen molar-refractivity contribution in [2.75, 3.05) is 6.61 Å². The molecule has 0 amide bonds. The molecule has 0 saturated carbocycles. The number of para-hydroxylation sites is 1. The SMILES string of the molecule is Cn1c(=O)c2c(-c3ccccc3)n3c(c2n(C)c1=O)[C@@H](c1cn(C)c2ccccc12)OCC3. The quantitative estimate of drug-likeness (QED) is 0.423. The molecular formula is C26H24N4O3. The molecule has 0 aliphatic carbocycles. The van der Waals surface area contributed by atoms with Crippen LogP contribution in [0.15, 0.2) is 70.4 Å². The number of benzene rings is 2. The molecule has 7 heteroatoms. The number of rotatable bonds is 2. The van der Waals surface area contributed by atoms with Crippen LogP contribution < -0.4 is 11.2 Å². The predicted octanol–water partition coefficient (Wildman–Crippen LogP) is 3.32.